The van der Waals surface area contributed by atoms with Crippen molar-refractivity contribution < 1.29 is 18.6 Å². The van der Waals surface area contributed by atoms with E-state index in [-0.39, 0.29) is 5.82 Å². The first-order chi connectivity index (χ1) is 14.5. The average molecular weight is 431 g/mol. The van der Waals surface area contributed by atoms with Crippen LogP contribution in [-0.4, -0.2) is 41.9 Å². The van der Waals surface area contributed by atoms with Crippen LogP contribution in [0.5, 0.6) is 17.2 Å². The minimum atomic E-state index is -0.287. The molecule has 9 heteroatoms. The van der Waals surface area contributed by atoms with Crippen LogP contribution in [0.2, 0.25) is 0 Å². The third-order valence-corrected chi connectivity index (χ3v) is 4.51. The van der Waals surface area contributed by atoms with Crippen LogP contribution in [0.15, 0.2) is 41.5 Å². The summed E-state index contributed by atoms with van der Waals surface area (Å²) in [6, 6.07) is 9.83. The van der Waals surface area contributed by atoms with Gasteiger partial charge in [-0.3, -0.25) is 5.10 Å². The van der Waals surface area contributed by atoms with E-state index in [2.05, 4.69) is 15.3 Å². The minimum Gasteiger partial charge on any atom is -0.493 e. The van der Waals surface area contributed by atoms with Gasteiger partial charge in [0.05, 0.1) is 27.0 Å². The highest BCUT2D eigenvalue weighted by Gasteiger charge is 2.14. The lowest BCUT2D eigenvalue weighted by atomic mass is 10.1. The highest BCUT2D eigenvalue weighted by atomic mass is 32.1. The lowest BCUT2D eigenvalue weighted by molar-refractivity contribution is 0.275. The maximum absolute atomic E-state index is 13.1. The molecule has 0 unspecified atom stereocenters. The number of ether oxygens (including phenoxy) is 3. The number of rotatable bonds is 9. The van der Waals surface area contributed by atoms with Crippen molar-refractivity contribution in [1.29, 1.82) is 0 Å². The number of benzene rings is 2. The molecular weight excluding hydrogens is 407 g/mol. The third kappa shape index (κ3) is 5.04. The van der Waals surface area contributed by atoms with Gasteiger partial charge in [0.15, 0.2) is 17.3 Å². The summed E-state index contributed by atoms with van der Waals surface area (Å²) in [6.45, 7) is 2.58. The molecular formula is C21H23FN4O3S. The summed E-state index contributed by atoms with van der Waals surface area (Å²) in [7, 11) is 3.14. The van der Waals surface area contributed by atoms with Crippen molar-refractivity contribution in [3.8, 4) is 17.2 Å². The van der Waals surface area contributed by atoms with Crippen molar-refractivity contribution in [2.45, 2.75) is 19.8 Å². The molecule has 0 bridgehead atoms. The minimum absolute atomic E-state index is 0.287. The molecule has 0 saturated heterocycles. The van der Waals surface area contributed by atoms with E-state index in [4.69, 9.17) is 26.4 Å². The van der Waals surface area contributed by atoms with Gasteiger partial charge in [-0.1, -0.05) is 19.1 Å². The summed E-state index contributed by atoms with van der Waals surface area (Å²) in [4.78, 5) is 0. The number of H-pyrrole nitrogens is 1. The molecule has 0 saturated carbocycles. The normalized spacial score (nSPS) is 11.1. The first kappa shape index (κ1) is 21.5. The molecule has 0 aliphatic rings. The predicted octanol–water partition coefficient (Wildman–Crippen LogP) is 4.36. The Kier molecular flexibility index (Phi) is 7.18. The first-order valence-corrected chi connectivity index (χ1v) is 9.80. The summed E-state index contributed by atoms with van der Waals surface area (Å²) < 4.78 is 31.7. The molecule has 7 nitrogen and oxygen atoms in total. The zero-order valence-corrected chi connectivity index (χ0v) is 17.8. The van der Waals surface area contributed by atoms with Crippen molar-refractivity contribution >= 4 is 18.4 Å². The monoisotopic (exact) mass is 430 g/mol. The summed E-state index contributed by atoms with van der Waals surface area (Å²) in [5.74, 6) is 1.96. The molecule has 3 aromatic rings. The molecule has 0 radical (unpaired) electrons. The van der Waals surface area contributed by atoms with Gasteiger partial charge in [0.1, 0.15) is 5.82 Å². The van der Waals surface area contributed by atoms with Crippen LogP contribution in [0.25, 0.3) is 0 Å². The van der Waals surface area contributed by atoms with Crippen molar-refractivity contribution in [2.24, 2.45) is 5.10 Å². The summed E-state index contributed by atoms with van der Waals surface area (Å²) in [5.41, 5.74) is 1.63. The summed E-state index contributed by atoms with van der Waals surface area (Å²) in [6.07, 6.45) is 2.94. The molecule has 1 N–H and O–H groups in total. The van der Waals surface area contributed by atoms with Gasteiger partial charge >= 0.3 is 0 Å². The zero-order valence-electron chi connectivity index (χ0n) is 17.0. The van der Waals surface area contributed by atoms with E-state index >= 15 is 0 Å². The van der Waals surface area contributed by atoms with E-state index in [0.29, 0.717) is 40.9 Å². The van der Waals surface area contributed by atoms with Crippen molar-refractivity contribution in [3.05, 3.63) is 63.9 Å². The van der Waals surface area contributed by atoms with Crippen molar-refractivity contribution in [3.63, 3.8) is 0 Å². The van der Waals surface area contributed by atoms with Gasteiger partial charge in [-0.15, -0.1) is 0 Å². The fourth-order valence-corrected chi connectivity index (χ4v) is 2.99. The van der Waals surface area contributed by atoms with Crippen LogP contribution in [0, 0.1) is 10.6 Å². The van der Waals surface area contributed by atoms with Crippen molar-refractivity contribution in [2.75, 3.05) is 20.8 Å². The molecule has 0 atom stereocenters. The molecule has 0 fully saturated rings. The molecule has 3 rings (SSSR count). The van der Waals surface area contributed by atoms with E-state index in [1.165, 1.54) is 16.8 Å². The lowest BCUT2D eigenvalue weighted by Gasteiger charge is -2.14. The van der Waals surface area contributed by atoms with Crippen LogP contribution in [0.4, 0.5) is 4.39 Å². The number of methoxy groups -OCH3 is 2. The number of nitrogens with zero attached hydrogens (tertiary/aromatic N) is 3. The smallest absolute Gasteiger partial charge is 0.216 e. The van der Waals surface area contributed by atoms with Crippen LogP contribution in [0.1, 0.15) is 30.3 Å². The highest BCUT2D eigenvalue weighted by Crippen LogP contribution is 2.38. The van der Waals surface area contributed by atoms with Crippen LogP contribution in [-0.2, 0) is 6.42 Å². The van der Waals surface area contributed by atoms with E-state index in [1.54, 1.807) is 44.7 Å². The number of aromatic amines is 1. The largest absolute Gasteiger partial charge is 0.493 e. The fraction of sp³-hybridized carbons (Fsp3) is 0.286. The molecule has 0 amide bonds. The van der Waals surface area contributed by atoms with Gasteiger partial charge in [0.25, 0.3) is 0 Å². The number of hydrogen-bond donors (Lipinski definition) is 1. The lowest BCUT2D eigenvalue weighted by Crippen LogP contribution is -2.03. The Labute approximate surface area is 179 Å². The molecule has 0 aliphatic carbocycles. The number of aromatic nitrogens is 3. The van der Waals surface area contributed by atoms with Crippen molar-refractivity contribution in [1.82, 2.24) is 14.9 Å². The maximum atomic E-state index is 13.1. The topological polar surface area (TPSA) is 73.7 Å². The second-order valence-electron chi connectivity index (χ2n) is 6.41. The molecule has 0 aliphatic heterocycles. The maximum Gasteiger partial charge on any atom is 0.216 e. The Balaban J connectivity index is 1.89. The molecule has 2 aromatic carbocycles. The van der Waals surface area contributed by atoms with Gasteiger partial charge in [-0.25, -0.2) is 4.39 Å². The third-order valence-electron chi connectivity index (χ3n) is 4.25. The predicted molar refractivity (Wildman–Crippen MR) is 115 cm³/mol. The van der Waals surface area contributed by atoms with Gasteiger partial charge in [-0.2, -0.15) is 14.9 Å². The SMILES string of the molecule is CCCOc1c(OC)cc(/C=N\n2c(Cc3ccc(F)cc3)n[nH]c2=S)cc1OC. The Bertz CT molecular complexity index is 1050. The van der Waals surface area contributed by atoms with Gasteiger partial charge in [0.2, 0.25) is 10.5 Å². The van der Waals surface area contributed by atoms with Gasteiger partial charge in [-0.05, 0) is 48.5 Å². The van der Waals surface area contributed by atoms with Crippen LogP contribution in [0.3, 0.4) is 0 Å². The van der Waals surface area contributed by atoms with E-state index in [9.17, 15) is 4.39 Å². The van der Waals surface area contributed by atoms with E-state index in [1.807, 2.05) is 6.92 Å². The number of nitrogens with one attached hydrogen (secondary N) is 1. The Morgan fingerprint density at radius 3 is 2.43 bits per heavy atom. The zero-order chi connectivity index (χ0) is 21.5. The average Bonchev–Trinajstić information content (AvgIpc) is 3.11. The molecule has 30 heavy (non-hydrogen) atoms. The second kappa shape index (κ2) is 10.0. The Morgan fingerprint density at radius 2 is 1.83 bits per heavy atom. The van der Waals surface area contributed by atoms with Crippen LogP contribution < -0.4 is 14.2 Å². The molecule has 0 spiro atoms. The summed E-state index contributed by atoms with van der Waals surface area (Å²) >= 11 is 5.29. The Hall–Kier alpha value is -3.20. The molecule has 1 heterocycles. The standard InChI is InChI=1S/C21H23FN4O3S/c1-4-9-29-20-17(27-2)10-15(11-18(20)28-3)13-23-26-19(24-25-21(26)30)12-14-5-7-16(22)8-6-14/h5-8,10-11,13H,4,9,12H2,1-3H3,(H,25,30)/b23-13-. The van der Waals surface area contributed by atoms with Gasteiger partial charge in [0, 0.05) is 12.0 Å². The first-order valence-electron chi connectivity index (χ1n) is 9.39. The fourth-order valence-electron chi connectivity index (χ4n) is 2.79. The van der Waals surface area contributed by atoms with Crippen LogP contribution >= 0.6 is 12.2 Å². The quantitative estimate of drug-likeness (QED) is 0.403. The number of hydrogen-bond acceptors (Lipinski definition) is 6. The Morgan fingerprint density at radius 1 is 1.17 bits per heavy atom. The van der Waals surface area contributed by atoms with E-state index < -0.39 is 0 Å². The molecule has 1 aromatic heterocycles. The van der Waals surface area contributed by atoms with Gasteiger partial charge < -0.3 is 14.2 Å². The highest BCUT2D eigenvalue weighted by molar-refractivity contribution is 7.71. The number of halogens is 1. The summed E-state index contributed by atoms with van der Waals surface area (Å²) in [5, 5.41) is 11.4. The van der Waals surface area contributed by atoms with E-state index in [0.717, 1.165) is 17.5 Å². The second-order valence-corrected chi connectivity index (χ2v) is 6.79. The molecule has 158 valence electrons.